The van der Waals surface area contributed by atoms with E-state index in [4.69, 9.17) is 4.74 Å². The summed E-state index contributed by atoms with van der Waals surface area (Å²) in [6, 6.07) is 0. The lowest BCUT2D eigenvalue weighted by Crippen LogP contribution is -2.30. The van der Waals surface area contributed by atoms with Gasteiger partial charge in [0.15, 0.2) is 0 Å². The largest absolute Gasteiger partial charge is 0.383 e. The third kappa shape index (κ3) is 5.11. The average molecular weight is 303 g/mol. The highest BCUT2D eigenvalue weighted by Gasteiger charge is 2.15. The second-order valence-corrected chi connectivity index (χ2v) is 4.89. The first kappa shape index (κ1) is 16.9. The standard InChI is InChI=1S/C13H22N4O2.ClH/c1-19-7-6-15-13(18)12-8-16-17(10-12)9-11-2-4-14-5-3-11;/h8,10-11,14H,2-7,9H2,1H3,(H,15,18);1H. The molecule has 0 unspecified atom stereocenters. The minimum Gasteiger partial charge on any atom is -0.383 e. The summed E-state index contributed by atoms with van der Waals surface area (Å²) in [4.78, 5) is 11.8. The number of piperidine rings is 1. The van der Waals surface area contributed by atoms with E-state index in [0.717, 1.165) is 19.6 Å². The molecule has 0 saturated carbocycles. The average Bonchev–Trinajstić information content (AvgIpc) is 2.89. The molecule has 0 radical (unpaired) electrons. The van der Waals surface area contributed by atoms with Crippen LogP contribution in [0.3, 0.4) is 0 Å². The van der Waals surface area contributed by atoms with Gasteiger partial charge in [-0.2, -0.15) is 5.10 Å². The van der Waals surface area contributed by atoms with E-state index in [2.05, 4.69) is 15.7 Å². The van der Waals surface area contributed by atoms with Crippen molar-refractivity contribution in [1.82, 2.24) is 20.4 Å². The molecule has 0 aromatic carbocycles. The number of methoxy groups -OCH3 is 1. The van der Waals surface area contributed by atoms with Gasteiger partial charge >= 0.3 is 0 Å². The van der Waals surface area contributed by atoms with Gasteiger partial charge in [-0.15, -0.1) is 12.4 Å². The van der Waals surface area contributed by atoms with Crippen LogP contribution in [0.2, 0.25) is 0 Å². The number of aromatic nitrogens is 2. The maximum Gasteiger partial charge on any atom is 0.254 e. The topological polar surface area (TPSA) is 68.2 Å². The molecule has 2 heterocycles. The van der Waals surface area contributed by atoms with Gasteiger partial charge in [0.1, 0.15) is 0 Å². The van der Waals surface area contributed by atoms with Crippen LogP contribution >= 0.6 is 12.4 Å². The summed E-state index contributed by atoms with van der Waals surface area (Å²) >= 11 is 0. The Morgan fingerprint density at radius 3 is 3.00 bits per heavy atom. The summed E-state index contributed by atoms with van der Waals surface area (Å²) in [5, 5.41) is 10.4. The minimum atomic E-state index is -0.0892. The van der Waals surface area contributed by atoms with Crippen molar-refractivity contribution in [2.24, 2.45) is 5.92 Å². The Bertz CT molecular complexity index is 405. The van der Waals surface area contributed by atoms with Gasteiger partial charge in [0.25, 0.3) is 5.91 Å². The number of amides is 1. The normalized spacial score (nSPS) is 15.7. The van der Waals surface area contributed by atoms with E-state index in [0.29, 0.717) is 24.6 Å². The Morgan fingerprint density at radius 2 is 2.30 bits per heavy atom. The summed E-state index contributed by atoms with van der Waals surface area (Å²) in [5.41, 5.74) is 0.616. The van der Waals surface area contributed by atoms with Crippen LogP contribution in [0.4, 0.5) is 0 Å². The first-order chi connectivity index (χ1) is 9.29. The van der Waals surface area contributed by atoms with Crippen molar-refractivity contribution in [3.8, 4) is 0 Å². The zero-order chi connectivity index (χ0) is 13.5. The number of nitrogens with zero attached hydrogens (tertiary/aromatic N) is 2. The fraction of sp³-hybridized carbons (Fsp3) is 0.692. The summed E-state index contributed by atoms with van der Waals surface area (Å²) in [5.74, 6) is 0.569. The molecule has 114 valence electrons. The highest BCUT2D eigenvalue weighted by atomic mass is 35.5. The van der Waals surface area contributed by atoms with Gasteiger partial charge in [-0.1, -0.05) is 0 Å². The molecule has 0 atom stereocenters. The van der Waals surface area contributed by atoms with Crippen molar-refractivity contribution < 1.29 is 9.53 Å². The SMILES string of the molecule is COCCNC(=O)c1cnn(CC2CCNCC2)c1.Cl. The molecule has 7 heteroatoms. The quantitative estimate of drug-likeness (QED) is 0.758. The van der Waals surface area contributed by atoms with Crippen LogP contribution in [0.5, 0.6) is 0 Å². The summed E-state index contributed by atoms with van der Waals surface area (Å²) in [7, 11) is 1.61. The van der Waals surface area contributed by atoms with E-state index in [-0.39, 0.29) is 18.3 Å². The van der Waals surface area contributed by atoms with Crippen LogP contribution in [-0.2, 0) is 11.3 Å². The lowest BCUT2D eigenvalue weighted by molar-refractivity contribution is 0.0937. The van der Waals surface area contributed by atoms with Crippen molar-refractivity contribution >= 4 is 18.3 Å². The van der Waals surface area contributed by atoms with Gasteiger partial charge < -0.3 is 15.4 Å². The highest BCUT2D eigenvalue weighted by Crippen LogP contribution is 2.14. The molecule has 1 amide bonds. The molecular weight excluding hydrogens is 280 g/mol. The van der Waals surface area contributed by atoms with Gasteiger partial charge in [0.05, 0.1) is 18.4 Å². The molecule has 1 saturated heterocycles. The van der Waals surface area contributed by atoms with Crippen molar-refractivity contribution in [3.05, 3.63) is 18.0 Å². The molecule has 20 heavy (non-hydrogen) atoms. The van der Waals surface area contributed by atoms with E-state index in [9.17, 15) is 4.79 Å². The Labute approximate surface area is 125 Å². The molecule has 0 spiro atoms. The number of nitrogens with one attached hydrogen (secondary N) is 2. The minimum absolute atomic E-state index is 0. The summed E-state index contributed by atoms with van der Waals surface area (Å²) in [6.45, 7) is 4.10. The monoisotopic (exact) mass is 302 g/mol. The lowest BCUT2D eigenvalue weighted by atomic mass is 9.98. The molecule has 2 N–H and O–H groups in total. The van der Waals surface area contributed by atoms with Gasteiger partial charge in [0.2, 0.25) is 0 Å². The molecule has 1 aliphatic heterocycles. The van der Waals surface area contributed by atoms with Crippen molar-refractivity contribution in [2.75, 3.05) is 33.4 Å². The van der Waals surface area contributed by atoms with Crippen LogP contribution in [0.1, 0.15) is 23.2 Å². The van der Waals surface area contributed by atoms with Gasteiger partial charge in [-0.3, -0.25) is 9.48 Å². The van der Waals surface area contributed by atoms with E-state index in [1.165, 1.54) is 12.8 Å². The molecule has 1 aromatic heterocycles. The second kappa shape index (κ2) is 8.94. The maximum absolute atomic E-state index is 11.8. The lowest BCUT2D eigenvalue weighted by Gasteiger charge is -2.22. The molecule has 1 aliphatic rings. The van der Waals surface area contributed by atoms with Crippen LogP contribution in [0.15, 0.2) is 12.4 Å². The fourth-order valence-corrected chi connectivity index (χ4v) is 2.28. The van der Waals surface area contributed by atoms with Gasteiger partial charge in [-0.05, 0) is 31.8 Å². The third-order valence-corrected chi connectivity index (χ3v) is 3.39. The predicted octanol–water partition coefficient (Wildman–Crippen LogP) is 0.681. The molecule has 1 aromatic rings. The van der Waals surface area contributed by atoms with E-state index in [1.54, 1.807) is 13.3 Å². The van der Waals surface area contributed by atoms with E-state index < -0.39 is 0 Å². The molecule has 6 nitrogen and oxygen atoms in total. The molecule has 2 rings (SSSR count). The number of hydrogen-bond acceptors (Lipinski definition) is 4. The van der Waals surface area contributed by atoms with E-state index >= 15 is 0 Å². The van der Waals surface area contributed by atoms with Crippen LogP contribution in [-0.4, -0.2) is 49.0 Å². The maximum atomic E-state index is 11.8. The molecule has 0 aliphatic carbocycles. The van der Waals surface area contributed by atoms with E-state index in [1.807, 2.05) is 10.9 Å². The Hall–Kier alpha value is -1.11. The Morgan fingerprint density at radius 1 is 1.55 bits per heavy atom. The predicted molar refractivity (Wildman–Crippen MR) is 79.3 cm³/mol. The number of hydrogen-bond donors (Lipinski definition) is 2. The molecule has 0 bridgehead atoms. The highest BCUT2D eigenvalue weighted by molar-refractivity contribution is 5.93. The fourth-order valence-electron chi connectivity index (χ4n) is 2.28. The number of halogens is 1. The van der Waals surface area contributed by atoms with Gasteiger partial charge in [0, 0.05) is 26.4 Å². The zero-order valence-corrected chi connectivity index (χ0v) is 12.6. The van der Waals surface area contributed by atoms with Crippen molar-refractivity contribution in [3.63, 3.8) is 0 Å². The summed E-state index contributed by atoms with van der Waals surface area (Å²) in [6.07, 6.45) is 5.80. The Balaban J connectivity index is 0.00000200. The third-order valence-electron chi connectivity index (χ3n) is 3.39. The zero-order valence-electron chi connectivity index (χ0n) is 11.8. The number of carbonyl (C=O) groups excluding carboxylic acids is 1. The summed E-state index contributed by atoms with van der Waals surface area (Å²) < 4.78 is 6.77. The van der Waals surface area contributed by atoms with Crippen LogP contribution in [0.25, 0.3) is 0 Å². The van der Waals surface area contributed by atoms with Gasteiger partial charge in [-0.25, -0.2) is 0 Å². The number of rotatable bonds is 6. The van der Waals surface area contributed by atoms with Crippen molar-refractivity contribution in [2.45, 2.75) is 19.4 Å². The number of ether oxygens (including phenoxy) is 1. The molecule has 1 fully saturated rings. The second-order valence-electron chi connectivity index (χ2n) is 4.89. The smallest absolute Gasteiger partial charge is 0.254 e. The van der Waals surface area contributed by atoms with Crippen LogP contribution in [0, 0.1) is 5.92 Å². The van der Waals surface area contributed by atoms with Crippen molar-refractivity contribution in [1.29, 1.82) is 0 Å². The number of carbonyl (C=O) groups is 1. The molecular formula is C13H23ClN4O2. The Kier molecular flexibility index (Phi) is 7.58. The first-order valence-corrected chi connectivity index (χ1v) is 6.80. The first-order valence-electron chi connectivity index (χ1n) is 6.80. The van der Waals surface area contributed by atoms with Crippen LogP contribution < -0.4 is 10.6 Å².